The zero-order valence-corrected chi connectivity index (χ0v) is 20.9. The highest BCUT2D eigenvalue weighted by molar-refractivity contribution is 5.89. The lowest BCUT2D eigenvalue weighted by Crippen LogP contribution is -2.39. The number of carbonyl (C=O) groups is 2. The SMILES string of the molecule is CC(C)CC[C@H](C[C@H](O)[C@H](Cc1ccccc1)OC(=O)c1cnc2ccccc2n1)C(=O)N(C)C. The van der Waals surface area contributed by atoms with E-state index in [1.165, 1.54) is 6.20 Å². The van der Waals surface area contributed by atoms with Crippen LogP contribution in [0.5, 0.6) is 0 Å². The maximum absolute atomic E-state index is 13.0. The molecule has 0 spiro atoms. The van der Waals surface area contributed by atoms with Crippen LogP contribution >= 0.6 is 0 Å². The average Bonchev–Trinajstić information content (AvgIpc) is 2.85. The predicted molar refractivity (Wildman–Crippen MR) is 136 cm³/mol. The van der Waals surface area contributed by atoms with Crippen molar-refractivity contribution < 1.29 is 19.4 Å². The lowest BCUT2D eigenvalue weighted by Gasteiger charge is -2.28. The van der Waals surface area contributed by atoms with Gasteiger partial charge in [0, 0.05) is 26.4 Å². The number of fused-ring (bicyclic) bond motifs is 1. The number of aliphatic hydroxyl groups excluding tert-OH is 1. The number of nitrogens with zero attached hydrogens (tertiary/aromatic N) is 3. The van der Waals surface area contributed by atoms with Crippen molar-refractivity contribution in [2.24, 2.45) is 11.8 Å². The van der Waals surface area contributed by atoms with Crippen LogP contribution in [0.2, 0.25) is 0 Å². The summed E-state index contributed by atoms with van der Waals surface area (Å²) in [4.78, 5) is 36.1. The van der Waals surface area contributed by atoms with Gasteiger partial charge in [-0.15, -0.1) is 0 Å². The number of carbonyl (C=O) groups excluding carboxylic acids is 2. The van der Waals surface area contributed by atoms with Crippen LogP contribution in [0, 0.1) is 11.8 Å². The Bertz CT molecular complexity index is 1120. The van der Waals surface area contributed by atoms with Gasteiger partial charge in [0.2, 0.25) is 5.91 Å². The predicted octanol–water partition coefficient (Wildman–Crippen LogP) is 4.29. The van der Waals surface area contributed by atoms with Gasteiger partial charge in [0.15, 0.2) is 5.69 Å². The fourth-order valence-electron chi connectivity index (χ4n) is 4.04. The largest absolute Gasteiger partial charge is 0.454 e. The monoisotopic (exact) mass is 477 g/mol. The minimum atomic E-state index is -1.02. The van der Waals surface area contributed by atoms with Crippen LogP contribution in [0.3, 0.4) is 0 Å². The van der Waals surface area contributed by atoms with Gasteiger partial charge < -0.3 is 14.7 Å². The smallest absolute Gasteiger partial charge is 0.358 e. The van der Waals surface area contributed by atoms with Crippen molar-refractivity contribution in [3.8, 4) is 0 Å². The number of benzene rings is 2. The number of hydrogen-bond donors (Lipinski definition) is 1. The normalized spacial score (nSPS) is 13.9. The third kappa shape index (κ3) is 7.59. The molecule has 3 atom stereocenters. The van der Waals surface area contributed by atoms with Gasteiger partial charge in [-0.05, 0) is 36.5 Å². The average molecular weight is 478 g/mol. The quantitative estimate of drug-likeness (QED) is 0.414. The van der Waals surface area contributed by atoms with Crippen LogP contribution in [0.4, 0.5) is 0 Å². The molecule has 3 rings (SSSR count). The highest BCUT2D eigenvalue weighted by Crippen LogP contribution is 2.23. The number of amides is 1. The van der Waals surface area contributed by atoms with Gasteiger partial charge in [0.25, 0.3) is 0 Å². The summed E-state index contributed by atoms with van der Waals surface area (Å²) in [5.74, 6) is -0.607. The zero-order chi connectivity index (χ0) is 25.4. The maximum atomic E-state index is 13.0. The molecule has 0 unspecified atom stereocenters. The minimum Gasteiger partial charge on any atom is -0.454 e. The van der Waals surface area contributed by atoms with E-state index in [9.17, 15) is 14.7 Å². The Labute approximate surface area is 207 Å². The molecule has 0 saturated carbocycles. The molecule has 0 fully saturated rings. The molecule has 35 heavy (non-hydrogen) atoms. The molecule has 7 nitrogen and oxygen atoms in total. The van der Waals surface area contributed by atoms with Crippen LogP contribution in [0.15, 0.2) is 60.8 Å². The topological polar surface area (TPSA) is 92.6 Å². The van der Waals surface area contributed by atoms with Crippen molar-refractivity contribution in [3.63, 3.8) is 0 Å². The molecular weight excluding hydrogens is 442 g/mol. The maximum Gasteiger partial charge on any atom is 0.358 e. The van der Waals surface area contributed by atoms with Crippen molar-refractivity contribution in [1.29, 1.82) is 0 Å². The molecule has 0 aliphatic rings. The molecule has 1 aromatic heterocycles. The number of hydrogen-bond acceptors (Lipinski definition) is 6. The first kappa shape index (κ1) is 26.3. The Morgan fingerprint density at radius 1 is 0.971 bits per heavy atom. The van der Waals surface area contributed by atoms with Crippen LogP contribution in [0.25, 0.3) is 11.0 Å². The second-order valence-electron chi connectivity index (χ2n) is 9.58. The van der Waals surface area contributed by atoms with Gasteiger partial charge in [-0.25, -0.2) is 9.78 Å². The number of aliphatic hydroxyl groups is 1. The Kier molecular flexibility index (Phi) is 9.32. The zero-order valence-electron chi connectivity index (χ0n) is 20.9. The highest BCUT2D eigenvalue weighted by Gasteiger charge is 2.31. The Hall–Kier alpha value is -3.32. The second kappa shape index (κ2) is 12.4. The van der Waals surface area contributed by atoms with Gasteiger partial charge in [-0.3, -0.25) is 9.78 Å². The molecule has 2 aromatic carbocycles. The standard InChI is InChI=1S/C28H35N3O4/c1-19(2)14-15-21(27(33)31(3)4)17-25(32)26(16-20-10-6-5-7-11-20)35-28(34)24-18-29-22-12-8-9-13-23(22)30-24/h5-13,18-19,21,25-26,32H,14-17H2,1-4H3/t21-,25+,26+/m1/s1. The summed E-state index contributed by atoms with van der Waals surface area (Å²) in [6.07, 6.45) is 1.58. The Balaban J connectivity index is 1.81. The summed E-state index contributed by atoms with van der Waals surface area (Å²) in [6.45, 7) is 4.22. The number of esters is 1. The van der Waals surface area contributed by atoms with E-state index in [2.05, 4.69) is 23.8 Å². The molecular formula is C28H35N3O4. The molecule has 7 heteroatoms. The first-order valence-corrected chi connectivity index (χ1v) is 12.1. The number of ether oxygens (including phenoxy) is 1. The van der Waals surface area contributed by atoms with Crippen molar-refractivity contribution >= 4 is 22.9 Å². The molecule has 1 amide bonds. The summed E-state index contributed by atoms with van der Waals surface area (Å²) in [7, 11) is 3.44. The molecule has 3 aromatic rings. The number of rotatable bonds is 11. The van der Waals surface area contributed by atoms with E-state index >= 15 is 0 Å². The van der Waals surface area contributed by atoms with E-state index in [-0.39, 0.29) is 23.9 Å². The van der Waals surface area contributed by atoms with Crippen LogP contribution < -0.4 is 0 Å². The van der Waals surface area contributed by atoms with Gasteiger partial charge in [-0.2, -0.15) is 0 Å². The lowest BCUT2D eigenvalue weighted by atomic mass is 9.89. The Morgan fingerprint density at radius 2 is 1.63 bits per heavy atom. The molecule has 0 bridgehead atoms. The van der Waals surface area contributed by atoms with Crippen molar-refractivity contribution in [1.82, 2.24) is 14.9 Å². The third-order valence-electron chi connectivity index (χ3n) is 6.03. The number of aromatic nitrogens is 2. The van der Waals surface area contributed by atoms with Crippen LogP contribution in [0.1, 0.15) is 49.2 Å². The van der Waals surface area contributed by atoms with E-state index in [0.29, 0.717) is 29.8 Å². The molecule has 1 heterocycles. The Morgan fingerprint density at radius 3 is 2.29 bits per heavy atom. The molecule has 0 saturated heterocycles. The van der Waals surface area contributed by atoms with E-state index < -0.39 is 18.2 Å². The van der Waals surface area contributed by atoms with Crippen molar-refractivity contribution in [2.45, 2.75) is 51.7 Å². The second-order valence-corrected chi connectivity index (χ2v) is 9.58. The summed E-state index contributed by atoms with van der Waals surface area (Å²) in [5, 5.41) is 11.2. The summed E-state index contributed by atoms with van der Waals surface area (Å²) < 4.78 is 5.80. The van der Waals surface area contributed by atoms with E-state index in [0.717, 1.165) is 12.0 Å². The van der Waals surface area contributed by atoms with E-state index in [1.54, 1.807) is 25.1 Å². The van der Waals surface area contributed by atoms with Gasteiger partial charge in [-0.1, -0.05) is 62.7 Å². The lowest BCUT2D eigenvalue weighted by molar-refractivity contribution is -0.135. The fourth-order valence-corrected chi connectivity index (χ4v) is 4.04. The summed E-state index contributed by atoms with van der Waals surface area (Å²) in [5.41, 5.74) is 2.27. The van der Waals surface area contributed by atoms with Gasteiger partial charge in [0.1, 0.15) is 6.10 Å². The van der Waals surface area contributed by atoms with E-state index in [1.807, 2.05) is 48.5 Å². The van der Waals surface area contributed by atoms with Gasteiger partial charge >= 0.3 is 5.97 Å². The molecule has 1 N–H and O–H groups in total. The van der Waals surface area contributed by atoms with Crippen molar-refractivity contribution in [2.75, 3.05) is 14.1 Å². The van der Waals surface area contributed by atoms with Crippen LogP contribution in [-0.4, -0.2) is 58.2 Å². The first-order chi connectivity index (χ1) is 16.7. The first-order valence-electron chi connectivity index (χ1n) is 12.1. The minimum absolute atomic E-state index is 0.0325. The van der Waals surface area contributed by atoms with Gasteiger partial charge in [0.05, 0.1) is 23.3 Å². The van der Waals surface area contributed by atoms with Crippen LogP contribution in [-0.2, 0) is 16.0 Å². The summed E-state index contributed by atoms with van der Waals surface area (Å²) >= 11 is 0. The molecule has 186 valence electrons. The number of para-hydroxylation sites is 2. The fraction of sp³-hybridized carbons (Fsp3) is 0.429. The van der Waals surface area contributed by atoms with E-state index in [4.69, 9.17) is 4.74 Å². The molecule has 0 aliphatic heterocycles. The molecule has 0 aliphatic carbocycles. The molecule has 0 radical (unpaired) electrons. The highest BCUT2D eigenvalue weighted by atomic mass is 16.6. The van der Waals surface area contributed by atoms with Crippen molar-refractivity contribution in [3.05, 3.63) is 72.1 Å². The third-order valence-corrected chi connectivity index (χ3v) is 6.03. The summed E-state index contributed by atoms with van der Waals surface area (Å²) in [6, 6.07) is 16.8.